The number of benzene rings is 1. The molecule has 1 saturated heterocycles. The molecule has 3 rings (SSSR count). The summed E-state index contributed by atoms with van der Waals surface area (Å²) in [5.74, 6) is -0.120. The predicted octanol–water partition coefficient (Wildman–Crippen LogP) is 4.39. The number of carbonyl (C=O) groups is 1. The molecule has 1 aliphatic heterocycles. The van der Waals surface area contributed by atoms with Gasteiger partial charge < -0.3 is 4.57 Å². The number of thiocarbonyl (C=S) groups is 1. The van der Waals surface area contributed by atoms with E-state index in [9.17, 15) is 14.9 Å². The molecule has 138 valence electrons. The first-order chi connectivity index (χ1) is 12.8. The first-order valence-corrected chi connectivity index (χ1v) is 9.36. The Balaban J connectivity index is 1.97. The third-order valence-electron chi connectivity index (χ3n) is 4.26. The second-order valence-corrected chi connectivity index (χ2v) is 7.69. The average Bonchev–Trinajstić information content (AvgIpc) is 3.05. The number of carbonyl (C=O) groups excluding carboxylic acids is 1. The number of hydrogen-bond donors (Lipinski definition) is 0. The highest BCUT2D eigenvalue weighted by atomic mass is 32.2. The van der Waals surface area contributed by atoms with Crippen LogP contribution in [0.2, 0.25) is 0 Å². The summed E-state index contributed by atoms with van der Waals surface area (Å²) in [6.45, 7) is 7.95. The second kappa shape index (κ2) is 7.50. The number of amides is 1. The van der Waals surface area contributed by atoms with Crippen LogP contribution in [0.3, 0.4) is 0 Å². The molecule has 1 aromatic carbocycles. The number of nitro groups is 1. The van der Waals surface area contributed by atoms with Crippen molar-refractivity contribution in [2.24, 2.45) is 0 Å². The largest absolute Gasteiger partial charge is 0.318 e. The number of hydrogen-bond acceptors (Lipinski definition) is 5. The van der Waals surface area contributed by atoms with Gasteiger partial charge in [0.15, 0.2) is 0 Å². The van der Waals surface area contributed by atoms with Crippen LogP contribution in [0.15, 0.2) is 47.9 Å². The monoisotopic (exact) mass is 399 g/mol. The molecular weight excluding hydrogens is 382 g/mol. The summed E-state index contributed by atoms with van der Waals surface area (Å²) >= 11 is 6.55. The zero-order valence-corrected chi connectivity index (χ0v) is 16.5. The lowest BCUT2D eigenvalue weighted by Gasteiger charge is -2.10. The van der Waals surface area contributed by atoms with E-state index in [-0.39, 0.29) is 11.6 Å². The molecule has 1 fully saturated rings. The van der Waals surface area contributed by atoms with E-state index in [0.29, 0.717) is 15.8 Å². The molecule has 0 bridgehead atoms. The van der Waals surface area contributed by atoms with E-state index in [1.165, 1.54) is 28.8 Å². The third-order valence-corrected chi connectivity index (χ3v) is 5.64. The zero-order chi connectivity index (χ0) is 19.7. The van der Waals surface area contributed by atoms with Gasteiger partial charge in [0.05, 0.1) is 9.83 Å². The van der Waals surface area contributed by atoms with Crippen molar-refractivity contribution < 1.29 is 9.72 Å². The third kappa shape index (κ3) is 3.58. The summed E-state index contributed by atoms with van der Waals surface area (Å²) in [6, 6.07) is 8.37. The van der Waals surface area contributed by atoms with Crippen molar-refractivity contribution in [1.29, 1.82) is 0 Å². The van der Waals surface area contributed by atoms with Crippen LogP contribution in [0.1, 0.15) is 17.0 Å². The number of aryl methyl sites for hydroxylation is 1. The van der Waals surface area contributed by atoms with Gasteiger partial charge in [-0.2, -0.15) is 0 Å². The maximum atomic E-state index is 12.5. The molecule has 0 radical (unpaired) electrons. The van der Waals surface area contributed by atoms with E-state index in [1.807, 2.05) is 30.6 Å². The maximum absolute atomic E-state index is 12.5. The van der Waals surface area contributed by atoms with Crippen LogP contribution in [0, 0.1) is 24.0 Å². The molecule has 0 unspecified atom stereocenters. The Morgan fingerprint density at radius 1 is 1.30 bits per heavy atom. The van der Waals surface area contributed by atoms with Crippen LogP contribution in [0.5, 0.6) is 0 Å². The topological polar surface area (TPSA) is 68.4 Å². The number of rotatable bonds is 5. The van der Waals surface area contributed by atoms with Crippen molar-refractivity contribution in [1.82, 2.24) is 9.47 Å². The van der Waals surface area contributed by atoms with E-state index in [0.717, 1.165) is 22.6 Å². The number of non-ortho nitro benzene ring substituents is 1. The summed E-state index contributed by atoms with van der Waals surface area (Å²) in [5, 5.41) is 10.8. The number of nitrogens with zero attached hydrogens (tertiary/aromatic N) is 3. The summed E-state index contributed by atoms with van der Waals surface area (Å²) in [6.07, 6.45) is 3.49. The number of nitro benzene ring substituents is 1. The minimum Gasteiger partial charge on any atom is -0.318 e. The molecule has 2 heterocycles. The Morgan fingerprint density at radius 3 is 2.56 bits per heavy atom. The molecule has 0 N–H and O–H groups in total. The summed E-state index contributed by atoms with van der Waals surface area (Å²) in [5.41, 5.74) is 3.69. The van der Waals surface area contributed by atoms with Crippen molar-refractivity contribution in [3.63, 3.8) is 0 Å². The first-order valence-electron chi connectivity index (χ1n) is 8.13. The first kappa shape index (κ1) is 19.1. The summed E-state index contributed by atoms with van der Waals surface area (Å²) in [4.78, 5) is 25.0. The Kier molecular flexibility index (Phi) is 5.29. The normalized spacial score (nSPS) is 15.6. The molecule has 0 spiro atoms. The zero-order valence-electron chi connectivity index (χ0n) is 14.8. The van der Waals surface area contributed by atoms with Gasteiger partial charge in [-0.15, -0.1) is 6.58 Å². The van der Waals surface area contributed by atoms with Crippen LogP contribution in [0.4, 0.5) is 5.69 Å². The van der Waals surface area contributed by atoms with Crippen molar-refractivity contribution in [3.8, 4) is 5.69 Å². The molecule has 0 saturated carbocycles. The maximum Gasteiger partial charge on any atom is 0.269 e. The SMILES string of the molecule is C=CCN1C(=O)/C(=C/c2cc(C)n(-c3ccc([N+](=O)[O-])cc3)c2C)SC1=S. The Hall–Kier alpha value is -2.71. The van der Waals surface area contributed by atoms with Crippen molar-refractivity contribution >= 4 is 46.0 Å². The van der Waals surface area contributed by atoms with Gasteiger partial charge in [0.1, 0.15) is 4.32 Å². The van der Waals surface area contributed by atoms with Gasteiger partial charge in [0.25, 0.3) is 11.6 Å². The van der Waals surface area contributed by atoms with Gasteiger partial charge in [0, 0.05) is 35.8 Å². The van der Waals surface area contributed by atoms with Crippen LogP contribution in [-0.2, 0) is 4.79 Å². The van der Waals surface area contributed by atoms with Crippen molar-refractivity contribution in [3.05, 3.63) is 75.0 Å². The Labute approximate surface area is 166 Å². The fraction of sp³-hybridized carbons (Fsp3) is 0.158. The molecule has 1 amide bonds. The molecule has 0 aliphatic carbocycles. The van der Waals surface area contributed by atoms with Gasteiger partial charge in [-0.3, -0.25) is 19.8 Å². The molecule has 0 atom stereocenters. The number of aromatic nitrogens is 1. The van der Waals surface area contributed by atoms with Gasteiger partial charge in [-0.1, -0.05) is 30.1 Å². The van der Waals surface area contributed by atoms with Crippen molar-refractivity contribution in [2.45, 2.75) is 13.8 Å². The molecular formula is C19H17N3O3S2. The molecule has 2 aromatic rings. The highest BCUT2D eigenvalue weighted by Crippen LogP contribution is 2.34. The van der Waals surface area contributed by atoms with Crippen LogP contribution in [-0.4, -0.2) is 31.2 Å². The highest BCUT2D eigenvalue weighted by Gasteiger charge is 2.31. The quantitative estimate of drug-likeness (QED) is 0.245. The van der Waals surface area contributed by atoms with Gasteiger partial charge >= 0.3 is 0 Å². The van der Waals surface area contributed by atoms with Crippen LogP contribution in [0.25, 0.3) is 11.8 Å². The van der Waals surface area contributed by atoms with Crippen LogP contribution < -0.4 is 0 Å². The van der Waals surface area contributed by atoms with Gasteiger partial charge in [-0.25, -0.2) is 0 Å². The average molecular weight is 399 g/mol. The Bertz CT molecular complexity index is 990. The number of thioether (sulfide) groups is 1. The lowest BCUT2D eigenvalue weighted by atomic mass is 10.2. The van der Waals surface area contributed by atoms with E-state index >= 15 is 0 Å². The predicted molar refractivity (Wildman–Crippen MR) is 112 cm³/mol. The van der Waals surface area contributed by atoms with E-state index < -0.39 is 4.92 Å². The molecule has 8 heteroatoms. The molecule has 1 aromatic heterocycles. The van der Waals surface area contributed by atoms with E-state index in [2.05, 4.69) is 6.58 Å². The lowest BCUT2D eigenvalue weighted by molar-refractivity contribution is -0.384. The summed E-state index contributed by atoms with van der Waals surface area (Å²) < 4.78 is 2.52. The molecule has 1 aliphatic rings. The highest BCUT2D eigenvalue weighted by molar-refractivity contribution is 8.26. The molecule has 27 heavy (non-hydrogen) atoms. The summed E-state index contributed by atoms with van der Waals surface area (Å²) in [7, 11) is 0. The fourth-order valence-corrected chi connectivity index (χ4v) is 4.25. The van der Waals surface area contributed by atoms with Gasteiger partial charge in [0.2, 0.25) is 0 Å². The standard InChI is InChI=1S/C19H17N3O3S2/c1-4-9-20-18(23)17(27-19(20)26)11-14-10-12(2)21(13(14)3)15-5-7-16(8-6-15)22(24)25/h4-8,10-11H,1,9H2,2-3H3/b17-11-. The fourth-order valence-electron chi connectivity index (χ4n) is 2.98. The van der Waals surface area contributed by atoms with Crippen LogP contribution >= 0.6 is 24.0 Å². The second-order valence-electron chi connectivity index (χ2n) is 6.02. The smallest absolute Gasteiger partial charge is 0.269 e. The minimum absolute atomic E-state index is 0.0485. The lowest BCUT2D eigenvalue weighted by Crippen LogP contribution is -2.27. The van der Waals surface area contributed by atoms with E-state index in [1.54, 1.807) is 18.2 Å². The van der Waals surface area contributed by atoms with Crippen molar-refractivity contribution in [2.75, 3.05) is 6.54 Å². The van der Waals surface area contributed by atoms with Gasteiger partial charge in [-0.05, 0) is 43.7 Å². The Morgan fingerprint density at radius 2 is 1.96 bits per heavy atom. The van der Waals surface area contributed by atoms with E-state index in [4.69, 9.17) is 12.2 Å². The molecule has 6 nitrogen and oxygen atoms in total. The minimum atomic E-state index is -0.421.